The quantitative estimate of drug-likeness (QED) is 0.656. The van der Waals surface area contributed by atoms with Crippen molar-refractivity contribution >= 4 is 21.8 Å². The Hall–Kier alpha value is -2.01. The van der Waals surface area contributed by atoms with E-state index in [0.717, 1.165) is 12.0 Å². The van der Waals surface area contributed by atoms with E-state index in [-0.39, 0.29) is 11.9 Å². The molecule has 0 bridgehead atoms. The van der Waals surface area contributed by atoms with Gasteiger partial charge < -0.3 is 14.4 Å². The molecule has 0 radical (unpaired) electrons. The molecule has 0 aromatic heterocycles. The van der Waals surface area contributed by atoms with Gasteiger partial charge in [-0.2, -0.15) is 0 Å². The molecule has 5 heteroatoms. The van der Waals surface area contributed by atoms with E-state index in [1.54, 1.807) is 26.4 Å². The molecule has 134 valence electrons. The molecule has 2 aromatic rings. The van der Waals surface area contributed by atoms with Crippen LogP contribution in [0.5, 0.6) is 11.5 Å². The first-order chi connectivity index (χ1) is 12.0. The van der Waals surface area contributed by atoms with Gasteiger partial charge in [0, 0.05) is 18.2 Å². The number of halogens is 1. The predicted octanol–water partition coefficient (Wildman–Crippen LogP) is 4.91. The second-order valence-corrected chi connectivity index (χ2v) is 6.66. The van der Waals surface area contributed by atoms with Crippen molar-refractivity contribution in [2.75, 3.05) is 14.2 Å². The number of benzene rings is 2. The van der Waals surface area contributed by atoms with E-state index in [0.29, 0.717) is 28.1 Å². The first-order valence-electron chi connectivity index (χ1n) is 8.28. The third-order valence-electron chi connectivity index (χ3n) is 4.27. The lowest BCUT2D eigenvalue weighted by molar-refractivity contribution is 0.0671. The second kappa shape index (κ2) is 8.90. The van der Waals surface area contributed by atoms with E-state index >= 15 is 0 Å². The van der Waals surface area contributed by atoms with E-state index in [4.69, 9.17) is 9.47 Å². The highest BCUT2D eigenvalue weighted by atomic mass is 79.9. The molecule has 0 fully saturated rings. The van der Waals surface area contributed by atoms with Crippen molar-refractivity contribution in [1.82, 2.24) is 4.90 Å². The highest BCUT2D eigenvalue weighted by Crippen LogP contribution is 2.36. The number of amides is 1. The highest BCUT2D eigenvalue weighted by Gasteiger charge is 2.23. The third kappa shape index (κ3) is 4.54. The van der Waals surface area contributed by atoms with Gasteiger partial charge in [-0.05, 0) is 47.0 Å². The Labute approximate surface area is 157 Å². The zero-order chi connectivity index (χ0) is 18.4. The Kier molecular flexibility index (Phi) is 6.88. The summed E-state index contributed by atoms with van der Waals surface area (Å²) in [5.41, 5.74) is 1.65. The molecule has 4 nitrogen and oxygen atoms in total. The number of hydrogen-bond donors (Lipinski definition) is 0. The maximum atomic E-state index is 13.2. The molecule has 1 atom stereocenters. The van der Waals surface area contributed by atoms with Gasteiger partial charge in [0.2, 0.25) is 0 Å². The predicted molar refractivity (Wildman–Crippen MR) is 103 cm³/mol. The van der Waals surface area contributed by atoms with E-state index in [1.807, 2.05) is 35.2 Å². The van der Waals surface area contributed by atoms with Crippen molar-refractivity contribution in [2.24, 2.45) is 0 Å². The Bertz CT molecular complexity index is 693. The largest absolute Gasteiger partial charge is 0.495 e. The summed E-state index contributed by atoms with van der Waals surface area (Å²) >= 11 is 3.44. The van der Waals surface area contributed by atoms with Crippen LogP contribution in [0.25, 0.3) is 0 Å². The van der Waals surface area contributed by atoms with Gasteiger partial charge >= 0.3 is 0 Å². The molecule has 0 saturated heterocycles. The number of rotatable bonds is 7. The maximum absolute atomic E-state index is 13.2. The zero-order valence-corrected chi connectivity index (χ0v) is 16.7. The van der Waals surface area contributed by atoms with Gasteiger partial charge in [-0.1, -0.05) is 37.3 Å². The Morgan fingerprint density at radius 2 is 1.68 bits per heavy atom. The molecule has 0 aliphatic rings. The van der Waals surface area contributed by atoms with E-state index in [9.17, 15) is 4.79 Å². The Balaban J connectivity index is 2.39. The van der Waals surface area contributed by atoms with E-state index in [1.165, 1.54) is 0 Å². The van der Waals surface area contributed by atoms with Gasteiger partial charge in [0.25, 0.3) is 5.91 Å². The summed E-state index contributed by atoms with van der Waals surface area (Å²) < 4.78 is 11.4. The maximum Gasteiger partial charge on any atom is 0.254 e. The summed E-state index contributed by atoms with van der Waals surface area (Å²) in [7, 11) is 3.15. The normalized spacial score (nSPS) is 11.7. The summed E-state index contributed by atoms with van der Waals surface area (Å²) in [5, 5.41) is 0. The van der Waals surface area contributed by atoms with E-state index < -0.39 is 0 Å². The summed E-state index contributed by atoms with van der Waals surface area (Å²) in [4.78, 5) is 15.1. The lowest BCUT2D eigenvalue weighted by atomic mass is 10.1. The number of hydrogen-bond acceptors (Lipinski definition) is 3. The highest BCUT2D eigenvalue weighted by molar-refractivity contribution is 9.10. The van der Waals surface area contributed by atoms with E-state index in [2.05, 4.69) is 29.8 Å². The number of carbonyl (C=O) groups excluding carboxylic acids is 1. The lowest BCUT2D eigenvalue weighted by Gasteiger charge is -2.29. The molecule has 0 aliphatic carbocycles. The van der Waals surface area contributed by atoms with Crippen LogP contribution in [0.1, 0.15) is 36.2 Å². The molecule has 0 heterocycles. The molecule has 0 N–H and O–H groups in total. The minimum Gasteiger partial charge on any atom is -0.495 e. The molecule has 2 rings (SSSR count). The van der Waals surface area contributed by atoms with Gasteiger partial charge in [-0.3, -0.25) is 4.79 Å². The minimum absolute atomic E-state index is 0.0395. The van der Waals surface area contributed by atoms with Gasteiger partial charge in [0.05, 0.1) is 14.2 Å². The van der Waals surface area contributed by atoms with Crippen molar-refractivity contribution in [1.29, 1.82) is 0 Å². The van der Waals surface area contributed by atoms with Crippen LogP contribution in [0.15, 0.2) is 46.9 Å². The molecule has 0 saturated carbocycles. The number of ether oxygens (including phenoxy) is 2. The molecule has 0 spiro atoms. The monoisotopic (exact) mass is 405 g/mol. The topological polar surface area (TPSA) is 38.8 Å². The van der Waals surface area contributed by atoms with Crippen molar-refractivity contribution in [2.45, 2.75) is 32.9 Å². The average Bonchev–Trinajstić information content (AvgIpc) is 2.66. The third-order valence-corrected chi connectivity index (χ3v) is 5.05. The second-order valence-electron chi connectivity index (χ2n) is 5.87. The van der Waals surface area contributed by atoms with Crippen molar-refractivity contribution in [3.05, 3.63) is 58.1 Å². The zero-order valence-electron chi connectivity index (χ0n) is 15.1. The first kappa shape index (κ1) is 19.3. The van der Waals surface area contributed by atoms with Gasteiger partial charge in [0.15, 0.2) is 0 Å². The number of nitrogens with zero attached hydrogens (tertiary/aromatic N) is 1. The van der Waals surface area contributed by atoms with Crippen LogP contribution in [0.3, 0.4) is 0 Å². The van der Waals surface area contributed by atoms with Gasteiger partial charge in [-0.25, -0.2) is 0 Å². The van der Waals surface area contributed by atoms with Crippen LogP contribution in [-0.2, 0) is 6.54 Å². The SMILES string of the molecule is CC[C@@H](C)N(Cc1ccccc1)C(=O)c1cc(OC)c(Br)c(OC)c1. The smallest absolute Gasteiger partial charge is 0.254 e. The van der Waals surface area contributed by atoms with Crippen LogP contribution >= 0.6 is 15.9 Å². The molecule has 0 unspecified atom stereocenters. The van der Waals surface area contributed by atoms with Crippen molar-refractivity contribution in [3.63, 3.8) is 0 Å². The number of carbonyl (C=O) groups is 1. The molecule has 2 aromatic carbocycles. The Morgan fingerprint density at radius 3 is 2.16 bits per heavy atom. The molecular weight excluding hydrogens is 382 g/mol. The van der Waals surface area contributed by atoms with Crippen molar-refractivity contribution in [3.8, 4) is 11.5 Å². The summed E-state index contributed by atoms with van der Waals surface area (Å²) in [5.74, 6) is 1.11. The fourth-order valence-corrected chi connectivity index (χ4v) is 3.14. The molecular formula is C20H24BrNO3. The summed E-state index contributed by atoms with van der Waals surface area (Å²) in [6.45, 7) is 4.71. The van der Waals surface area contributed by atoms with Crippen molar-refractivity contribution < 1.29 is 14.3 Å². The van der Waals surface area contributed by atoms with Gasteiger partial charge in [0.1, 0.15) is 16.0 Å². The summed E-state index contributed by atoms with van der Waals surface area (Å²) in [6, 6.07) is 13.6. The van der Waals surface area contributed by atoms with Crippen LogP contribution < -0.4 is 9.47 Å². The van der Waals surface area contributed by atoms with Crippen LogP contribution in [0.4, 0.5) is 0 Å². The van der Waals surface area contributed by atoms with Crippen LogP contribution in [0.2, 0.25) is 0 Å². The minimum atomic E-state index is -0.0395. The van der Waals surface area contributed by atoms with Crippen LogP contribution in [-0.4, -0.2) is 31.1 Å². The first-order valence-corrected chi connectivity index (χ1v) is 9.07. The molecule has 1 amide bonds. The Morgan fingerprint density at radius 1 is 1.12 bits per heavy atom. The average molecular weight is 406 g/mol. The van der Waals surface area contributed by atoms with Gasteiger partial charge in [-0.15, -0.1) is 0 Å². The molecule has 0 aliphatic heterocycles. The summed E-state index contributed by atoms with van der Waals surface area (Å²) in [6.07, 6.45) is 0.878. The lowest BCUT2D eigenvalue weighted by Crippen LogP contribution is -2.37. The standard InChI is InChI=1S/C20H24BrNO3/c1-5-14(2)22(13-15-9-7-6-8-10-15)20(23)16-11-17(24-3)19(21)18(12-16)25-4/h6-12,14H,5,13H2,1-4H3/t14-/m1/s1. The molecule has 25 heavy (non-hydrogen) atoms. The van der Waals surface area contributed by atoms with Crippen LogP contribution in [0, 0.1) is 0 Å². The fourth-order valence-electron chi connectivity index (χ4n) is 2.59. The number of methoxy groups -OCH3 is 2. The fraction of sp³-hybridized carbons (Fsp3) is 0.350.